The van der Waals surface area contributed by atoms with Gasteiger partial charge in [0.15, 0.2) is 0 Å². The van der Waals surface area contributed by atoms with E-state index in [1.165, 1.54) is 38.1 Å². The van der Waals surface area contributed by atoms with Crippen LogP contribution in [0.25, 0.3) is 21.9 Å². The lowest BCUT2D eigenvalue weighted by Crippen LogP contribution is -2.47. The van der Waals surface area contributed by atoms with Crippen LogP contribution in [-0.4, -0.2) is 71.9 Å². The third-order valence-corrected chi connectivity index (χ3v) is 8.90. The molecular weight excluding hydrogens is 663 g/mol. The fourth-order valence-electron chi connectivity index (χ4n) is 6.47. The highest BCUT2D eigenvalue weighted by Gasteiger charge is 2.36. The summed E-state index contributed by atoms with van der Waals surface area (Å²) >= 11 is 0. The van der Waals surface area contributed by atoms with Crippen LogP contribution >= 0.6 is 0 Å². The van der Waals surface area contributed by atoms with Crippen LogP contribution in [0.5, 0.6) is 0 Å². The Labute approximate surface area is 284 Å². The number of alkyl halides is 3. The molecule has 3 heterocycles. The largest absolute Gasteiger partial charge is 0.481 e. The number of anilines is 1. The number of carbonyl (C=O) groups is 2. The molecule has 0 spiro atoms. The van der Waals surface area contributed by atoms with E-state index in [-0.39, 0.29) is 24.5 Å². The number of morpholine rings is 1. The van der Waals surface area contributed by atoms with Crippen molar-refractivity contribution in [1.82, 2.24) is 9.47 Å². The maximum atomic E-state index is 13.9. The van der Waals surface area contributed by atoms with Crippen LogP contribution in [0, 0.1) is 11.6 Å². The summed E-state index contributed by atoms with van der Waals surface area (Å²) in [4.78, 5) is 38.8. The van der Waals surface area contributed by atoms with E-state index in [1.54, 1.807) is 30.3 Å². The Hall–Kier alpha value is -4.82. The summed E-state index contributed by atoms with van der Waals surface area (Å²) in [5, 5.41) is 10.0. The first-order valence-corrected chi connectivity index (χ1v) is 16.1. The number of carboxylic acids is 1. The molecule has 0 bridgehead atoms. The molecule has 1 unspecified atom stereocenters. The number of amides is 1. The van der Waals surface area contributed by atoms with Crippen molar-refractivity contribution in [2.45, 2.75) is 38.0 Å². The first-order valence-electron chi connectivity index (χ1n) is 16.1. The first-order chi connectivity index (χ1) is 23.7. The van der Waals surface area contributed by atoms with E-state index in [0.717, 1.165) is 36.5 Å². The van der Waals surface area contributed by atoms with Crippen LogP contribution in [0.2, 0.25) is 0 Å². The van der Waals surface area contributed by atoms with Gasteiger partial charge < -0.3 is 29.9 Å². The van der Waals surface area contributed by atoms with Gasteiger partial charge in [-0.3, -0.25) is 14.4 Å². The minimum Gasteiger partial charge on any atom is -0.481 e. The third kappa shape index (κ3) is 8.30. The normalized spacial score (nSPS) is 16.7. The number of ether oxygens (including phenoxy) is 1. The Kier molecular flexibility index (Phi) is 11.2. The number of fused-ring (bicyclic) bond motifs is 1. The van der Waals surface area contributed by atoms with Crippen LogP contribution < -0.4 is 16.2 Å². The number of aliphatic carboxylic acids is 1. The number of benzene rings is 3. The van der Waals surface area contributed by atoms with E-state index in [1.807, 2.05) is 4.90 Å². The second-order valence-corrected chi connectivity index (χ2v) is 12.3. The van der Waals surface area contributed by atoms with E-state index in [0.29, 0.717) is 41.7 Å². The van der Waals surface area contributed by atoms with Gasteiger partial charge in [0.2, 0.25) is 0 Å². The number of halogens is 5. The number of nitrogens with two attached hydrogens (primary N) is 1. The molecule has 1 aromatic heterocycles. The third-order valence-electron chi connectivity index (χ3n) is 8.90. The summed E-state index contributed by atoms with van der Waals surface area (Å²) in [6, 6.07) is 13.0. The molecule has 2 fully saturated rings. The van der Waals surface area contributed by atoms with Crippen LogP contribution in [0.15, 0.2) is 65.6 Å². The van der Waals surface area contributed by atoms with Gasteiger partial charge in [0.1, 0.15) is 17.2 Å². The average molecular weight is 701 g/mol. The van der Waals surface area contributed by atoms with Crippen molar-refractivity contribution in [2.75, 3.05) is 44.2 Å². The van der Waals surface area contributed by atoms with E-state index in [2.05, 4.69) is 4.90 Å². The number of carbonyl (C=O) groups excluding carboxylic acids is 1. The number of aromatic nitrogens is 1. The number of primary amides is 1. The molecule has 9 nitrogen and oxygen atoms in total. The highest BCUT2D eigenvalue weighted by molar-refractivity contribution is 5.99. The van der Waals surface area contributed by atoms with Gasteiger partial charge in [-0.25, -0.2) is 8.78 Å². The Morgan fingerprint density at radius 1 is 0.980 bits per heavy atom. The topological polar surface area (TPSA) is 118 Å². The number of carboxylic acid groups (broad SMARTS) is 1. The molecule has 3 N–H and O–H groups in total. The van der Waals surface area contributed by atoms with Gasteiger partial charge in [0, 0.05) is 45.0 Å². The summed E-state index contributed by atoms with van der Waals surface area (Å²) in [5.74, 6) is -3.90. The number of pyridine rings is 1. The summed E-state index contributed by atoms with van der Waals surface area (Å²) < 4.78 is 75.3. The van der Waals surface area contributed by atoms with Gasteiger partial charge in [0.25, 0.3) is 11.5 Å². The zero-order valence-electron chi connectivity index (χ0n) is 27.3. The van der Waals surface area contributed by atoms with Crippen LogP contribution in [0.3, 0.4) is 0 Å². The van der Waals surface area contributed by atoms with Crippen molar-refractivity contribution in [3.63, 3.8) is 0 Å². The maximum Gasteiger partial charge on any atom is 0.417 e. The van der Waals surface area contributed by atoms with Crippen LogP contribution in [0.4, 0.5) is 27.6 Å². The molecular formula is C36H37F5N4O5. The summed E-state index contributed by atoms with van der Waals surface area (Å²) in [6.07, 6.45) is -0.990. The highest BCUT2D eigenvalue weighted by atomic mass is 19.4. The smallest absolute Gasteiger partial charge is 0.417 e. The SMILES string of the molecule is Cn1ccc(C(F)(F)F)c(-c2cccc3c(CCC(=O)O)cccc23)c1=O.NC(=O)c1c(F)cc(N2CCOC(CN3CCCC3)C2)cc1F. The highest BCUT2D eigenvalue weighted by Crippen LogP contribution is 2.38. The molecule has 1 amide bonds. The zero-order valence-corrected chi connectivity index (χ0v) is 27.3. The zero-order chi connectivity index (χ0) is 36.2. The average Bonchev–Trinajstić information content (AvgIpc) is 3.57. The minimum atomic E-state index is -4.67. The summed E-state index contributed by atoms with van der Waals surface area (Å²) in [7, 11) is 1.40. The second-order valence-electron chi connectivity index (χ2n) is 12.3. The number of likely N-dealkylation sites (tertiary alicyclic amines) is 1. The molecule has 266 valence electrons. The Balaban J connectivity index is 0.000000197. The van der Waals surface area contributed by atoms with Gasteiger partial charge in [-0.1, -0.05) is 36.4 Å². The van der Waals surface area contributed by atoms with Crippen molar-refractivity contribution in [2.24, 2.45) is 12.8 Å². The second kappa shape index (κ2) is 15.4. The lowest BCUT2D eigenvalue weighted by molar-refractivity contribution is -0.138. The molecule has 2 saturated heterocycles. The molecule has 4 aromatic rings. The predicted octanol–water partition coefficient (Wildman–Crippen LogP) is 5.61. The number of hydrogen-bond acceptors (Lipinski definition) is 6. The van der Waals surface area contributed by atoms with Gasteiger partial charge >= 0.3 is 12.1 Å². The van der Waals surface area contributed by atoms with E-state index in [4.69, 9.17) is 15.6 Å². The van der Waals surface area contributed by atoms with Crippen molar-refractivity contribution >= 4 is 28.3 Å². The van der Waals surface area contributed by atoms with E-state index >= 15 is 0 Å². The molecule has 3 aromatic carbocycles. The van der Waals surface area contributed by atoms with Gasteiger partial charge in [-0.15, -0.1) is 0 Å². The summed E-state index contributed by atoms with van der Waals surface area (Å²) in [6.45, 7) is 4.64. The first kappa shape index (κ1) is 36.5. The molecule has 0 aliphatic carbocycles. The van der Waals surface area contributed by atoms with E-state index < -0.39 is 51.9 Å². The number of rotatable bonds is 8. The fourth-order valence-corrected chi connectivity index (χ4v) is 6.47. The Morgan fingerprint density at radius 3 is 2.28 bits per heavy atom. The minimum absolute atomic E-state index is 0.0174. The Bertz CT molecular complexity index is 1920. The van der Waals surface area contributed by atoms with Crippen molar-refractivity contribution in [1.29, 1.82) is 0 Å². The van der Waals surface area contributed by atoms with E-state index in [9.17, 15) is 36.3 Å². The van der Waals surface area contributed by atoms with Crippen molar-refractivity contribution in [3.05, 3.63) is 99.5 Å². The Morgan fingerprint density at radius 2 is 1.64 bits per heavy atom. The molecule has 6 rings (SSSR count). The number of hydrogen-bond donors (Lipinski definition) is 2. The van der Waals surface area contributed by atoms with Gasteiger partial charge in [0.05, 0.1) is 23.8 Å². The molecule has 50 heavy (non-hydrogen) atoms. The van der Waals surface area contributed by atoms with Crippen LogP contribution in [0.1, 0.15) is 40.7 Å². The lowest BCUT2D eigenvalue weighted by Gasteiger charge is -2.36. The van der Waals surface area contributed by atoms with Gasteiger partial charge in [-0.05, 0) is 72.5 Å². The lowest BCUT2D eigenvalue weighted by atomic mass is 9.92. The molecule has 0 saturated carbocycles. The fraction of sp³-hybridized carbons (Fsp3) is 0.361. The molecule has 2 aliphatic rings. The monoisotopic (exact) mass is 700 g/mol. The molecule has 0 radical (unpaired) electrons. The van der Waals surface area contributed by atoms with Crippen molar-refractivity contribution in [3.8, 4) is 11.1 Å². The molecule has 2 aliphatic heterocycles. The van der Waals surface area contributed by atoms with Gasteiger partial charge in [-0.2, -0.15) is 13.2 Å². The number of aryl methyl sites for hydroxylation is 2. The van der Waals surface area contributed by atoms with Crippen LogP contribution in [-0.2, 0) is 29.2 Å². The predicted molar refractivity (Wildman–Crippen MR) is 178 cm³/mol. The molecule has 1 atom stereocenters. The van der Waals surface area contributed by atoms with Crippen molar-refractivity contribution < 1.29 is 41.4 Å². The number of nitrogens with zero attached hydrogens (tertiary/aromatic N) is 3. The maximum absolute atomic E-state index is 13.9. The molecule has 14 heteroatoms. The summed E-state index contributed by atoms with van der Waals surface area (Å²) in [5.41, 5.74) is 3.47. The quantitative estimate of drug-likeness (QED) is 0.230. The standard InChI is InChI=1S/C20H16F3NO3.C16H21F2N3O2/c1-24-11-10-16(20(21,22)23)18(19(24)27)15-7-3-5-13-12(8-9-17(25)26)4-2-6-14(13)15;17-13-7-11(8-14(18)15(13)16(19)22)21-5-6-23-12(10-21)9-20-3-1-2-4-20/h2-7,10-11H,8-9H2,1H3,(H,25,26);7-8,12H,1-6,9-10H2,(H2,19,22).